The summed E-state index contributed by atoms with van der Waals surface area (Å²) in [5.41, 5.74) is 5.15. The van der Waals surface area contributed by atoms with Crippen LogP contribution in [0, 0.1) is 11.7 Å². The van der Waals surface area contributed by atoms with Crippen LogP contribution >= 0.6 is 12.2 Å². The molecule has 4 rings (SSSR count). The standard InChI is InChI=1S/C22H19N5S/c1-16-7-5-6-10-20(16)21-25-26-22(28)27(21)23-15-17-11-13-19(14-12-17)24-18-8-3-2-4-9-18/h2-15,24H,1H3,(H,26,28)/b23-15-. The van der Waals surface area contributed by atoms with Gasteiger partial charge in [0.1, 0.15) is 0 Å². The number of benzene rings is 3. The van der Waals surface area contributed by atoms with Crippen molar-refractivity contribution in [1.82, 2.24) is 14.9 Å². The van der Waals surface area contributed by atoms with Crippen LogP contribution in [0.5, 0.6) is 0 Å². The van der Waals surface area contributed by atoms with Gasteiger partial charge in [-0.3, -0.25) is 0 Å². The fraction of sp³-hybridized carbons (Fsp3) is 0.0455. The number of para-hydroxylation sites is 1. The number of rotatable bonds is 5. The van der Waals surface area contributed by atoms with Gasteiger partial charge in [-0.2, -0.15) is 14.9 Å². The molecule has 1 aromatic heterocycles. The average Bonchev–Trinajstić information content (AvgIpc) is 3.09. The molecule has 0 spiro atoms. The zero-order valence-corrected chi connectivity index (χ0v) is 16.1. The molecule has 0 saturated heterocycles. The number of aromatic amines is 1. The topological polar surface area (TPSA) is 58.0 Å². The summed E-state index contributed by atoms with van der Waals surface area (Å²) < 4.78 is 2.10. The minimum absolute atomic E-state index is 0.455. The molecular formula is C22H19N5S. The second-order valence-corrected chi connectivity index (χ2v) is 6.72. The summed E-state index contributed by atoms with van der Waals surface area (Å²) in [7, 11) is 0. The lowest BCUT2D eigenvalue weighted by molar-refractivity contribution is 0.871. The smallest absolute Gasteiger partial charge is 0.216 e. The van der Waals surface area contributed by atoms with Gasteiger partial charge in [-0.1, -0.05) is 54.6 Å². The highest BCUT2D eigenvalue weighted by atomic mass is 32.1. The van der Waals surface area contributed by atoms with Gasteiger partial charge in [0.25, 0.3) is 0 Å². The van der Waals surface area contributed by atoms with E-state index in [0.29, 0.717) is 10.6 Å². The van der Waals surface area contributed by atoms with Gasteiger partial charge in [-0.05, 0) is 54.5 Å². The molecule has 0 unspecified atom stereocenters. The van der Waals surface area contributed by atoms with E-state index in [1.165, 1.54) is 0 Å². The van der Waals surface area contributed by atoms with Crippen LogP contribution in [0.2, 0.25) is 0 Å². The van der Waals surface area contributed by atoms with Crippen LogP contribution in [0.25, 0.3) is 11.4 Å². The molecule has 138 valence electrons. The maximum atomic E-state index is 5.35. The van der Waals surface area contributed by atoms with Crippen molar-refractivity contribution in [3.8, 4) is 11.4 Å². The lowest BCUT2D eigenvalue weighted by Crippen LogP contribution is -1.96. The van der Waals surface area contributed by atoms with Gasteiger partial charge in [-0.15, -0.1) is 0 Å². The first-order chi connectivity index (χ1) is 13.7. The molecule has 5 nitrogen and oxygen atoms in total. The highest BCUT2D eigenvalue weighted by molar-refractivity contribution is 7.71. The summed E-state index contributed by atoms with van der Waals surface area (Å²) >= 11 is 5.35. The van der Waals surface area contributed by atoms with E-state index in [0.717, 1.165) is 28.1 Å². The zero-order chi connectivity index (χ0) is 19.3. The van der Waals surface area contributed by atoms with Gasteiger partial charge in [0.2, 0.25) is 4.77 Å². The first kappa shape index (κ1) is 17.9. The highest BCUT2D eigenvalue weighted by Gasteiger charge is 2.09. The first-order valence-electron chi connectivity index (χ1n) is 8.90. The third kappa shape index (κ3) is 3.92. The summed E-state index contributed by atoms with van der Waals surface area (Å²) in [6.45, 7) is 2.04. The van der Waals surface area contributed by atoms with Crippen LogP contribution in [0.1, 0.15) is 11.1 Å². The van der Waals surface area contributed by atoms with Gasteiger partial charge in [-0.25, -0.2) is 5.10 Å². The number of nitrogens with one attached hydrogen (secondary N) is 2. The molecular weight excluding hydrogens is 366 g/mol. The molecule has 3 aromatic carbocycles. The Balaban J connectivity index is 1.56. The molecule has 2 N–H and O–H groups in total. The average molecular weight is 385 g/mol. The fourth-order valence-corrected chi connectivity index (χ4v) is 3.04. The molecule has 6 heteroatoms. The Bertz CT molecular complexity index is 1160. The maximum absolute atomic E-state index is 5.35. The third-order valence-corrected chi connectivity index (χ3v) is 4.60. The summed E-state index contributed by atoms with van der Waals surface area (Å²) in [5.74, 6) is 0.696. The number of aryl methyl sites for hydroxylation is 1. The number of nitrogens with zero attached hydrogens (tertiary/aromatic N) is 3. The number of anilines is 2. The van der Waals surface area contributed by atoms with Crippen LogP contribution in [0.4, 0.5) is 11.4 Å². The van der Waals surface area contributed by atoms with Gasteiger partial charge < -0.3 is 5.32 Å². The molecule has 0 aliphatic rings. The summed E-state index contributed by atoms with van der Waals surface area (Å²) in [6.07, 6.45) is 1.78. The van der Waals surface area contributed by atoms with Crippen LogP contribution in [-0.4, -0.2) is 21.1 Å². The Morgan fingerprint density at radius 3 is 2.36 bits per heavy atom. The van der Waals surface area contributed by atoms with Crippen molar-refractivity contribution >= 4 is 29.8 Å². The molecule has 0 bridgehead atoms. The summed E-state index contributed by atoms with van der Waals surface area (Å²) in [5, 5.41) is 15.1. The molecule has 28 heavy (non-hydrogen) atoms. The minimum atomic E-state index is 0.455. The molecule has 0 radical (unpaired) electrons. The van der Waals surface area contributed by atoms with Crippen LogP contribution in [0.3, 0.4) is 0 Å². The lowest BCUT2D eigenvalue weighted by atomic mass is 10.1. The van der Waals surface area contributed by atoms with Crippen molar-refractivity contribution in [3.05, 3.63) is 94.8 Å². The van der Waals surface area contributed by atoms with Crippen LogP contribution in [-0.2, 0) is 0 Å². The summed E-state index contributed by atoms with van der Waals surface area (Å²) in [4.78, 5) is 0. The number of aromatic nitrogens is 3. The van der Waals surface area contributed by atoms with E-state index in [9.17, 15) is 0 Å². The van der Waals surface area contributed by atoms with Crippen molar-refractivity contribution in [3.63, 3.8) is 0 Å². The minimum Gasteiger partial charge on any atom is -0.356 e. The van der Waals surface area contributed by atoms with Crippen molar-refractivity contribution < 1.29 is 0 Å². The number of hydrogen-bond donors (Lipinski definition) is 2. The van der Waals surface area contributed by atoms with Gasteiger partial charge in [0.15, 0.2) is 5.82 Å². The molecule has 0 atom stereocenters. The van der Waals surface area contributed by atoms with Crippen molar-refractivity contribution in [2.75, 3.05) is 5.32 Å². The van der Waals surface area contributed by atoms with Gasteiger partial charge >= 0.3 is 0 Å². The van der Waals surface area contributed by atoms with Gasteiger partial charge in [0.05, 0.1) is 6.21 Å². The monoisotopic (exact) mass is 385 g/mol. The lowest BCUT2D eigenvalue weighted by Gasteiger charge is -2.06. The number of hydrogen-bond acceptors (Lipinski definition) is 4. The third-order valence-electron chi connectivity index (χ3n) is 4.33. The molecule has 4 aromatic rings. The second-order valence-electron chi connectivity index (χ2n) is 6.34. The Labute approximate surface area is 168 Å². The van der Waals surface area contributed by atoms with Crippen molar-refractivity contribution in [2.45, 2.75) is 6.92 Å². The van der Waals surface area contributed by atoms with Crippen LogP contribution in [0.15, 0.2) is 84.0 Å². The van der Waals surface area contributed by atoms with E-state index >= 15 is 0 Å². The van der Waals surface area contributed by atoms with E-state index in [4.69, 9.17) is 12.2 Å². The Kier molecular flexibility index (Phi) is 5.12. The quantitative estimate of drug-likeness (QED) is 0.350. The van der Waals surface area contributed by atoms with E-state index in [2.05, 4.69) is 20.6 Å². The molecule has 0 aliphatic heterocycles. The molecule has 0 saturated carbocycles. The molecule has 0 amide bonds. The maximum Gasteiger partial charge on any atom is 0.216 e. The highest BCUT2D eigenvalue weighted by Crippen LogP contribution is 2.21. The second kappa shape index (κ2) is 8.02. The van der Waals surface area contributed by atoms with Crippen molar-refractivity contribution in [2.24, 2.45) is 5.10 Å². The largest absolute Gasteiger partial charge is 0.356 e. The normalized spacial score (nSPS) is 11.0. The van der Waals surface area contributed by atoms with Crippen molar-refractivity contribution in [1.29, 1.82) is 0 Å². The van der Waals surface area contributed by atoms with E-state index < -0.39 is 0 Å². The predicted molar refractivity (Wildman–Crippen MR) is 117 cm³/mol. The van der Waals surface area contributed by atoms with E-state index in [1.54, 1.807) is 10.9 Å². The molecule has 1 heterocycles. The molecule has 0 aliphatic carbocycles. The zero-order valence-electron chi connectivity index (χ0n) is 15.3. The Morgan fingerprint density at radius 2 is 1.61 bits per heavy atom. The Hall–Kier alpha value is -3.51. The molecule has 0 fully saturated rings. The fourth-order valence-electron chi connectivity index (χ4n) is 2.86. The predicted octanol–water partition coefficient (Wildman–Crippen LogP) is 5.54. The first-order valence-corrected chi connectivity index (χ1v) is 9.31. The Morgan fingerprint density at radius 1 is 0.929 bits per heavy atom. The van der Waals surface area contributed by atoms with E-state index in [1.807, 2.05) is 85.8 Å². The van der Waals surface area contributed by atoms with Gasteiger partial charge in [0, 0.05) is 16.9 Å². The number of H-pyrrole nitrogens is 1. The van der Waals surface area contributed by atoms with Crippen LogP contribution < -0.4 is 5.32 Å². The SMILES string of the molecule is Cc1ccccc1-c1n[nH]c(=S)n1/N=C\c1ccc(Nc2ccccc2)cc1. The van der Waals surface area contributed by atoms with E-state index in [-0.39, 0.29) is 0 Å². The summed E-state index contributed by atoms with van der Waals surface area (Å²) in [6, 6.07) is 26.1.